The highest BCUT2D eigenvalue weighted by Gasteiger charge is 2.37. The predicted octanol–water partition coefficient (Wildman–Crippen LogP) is 2.83. The molecule has 4 rings (SSSR count). The maximum absolute atomic E-state index is 5.03. The summed E-state index contributed by atoms with van der Waals surface area (Å²) in [6, 6.07) is 10.7. The number of nitrogens with zero attached hydrogens (tertiary/aromatic N) is 3. The minimum Gasteiger partial charge on any atom is -0.369 e. The van der Waals surface area contributed by atoms with E-state index in [1.165, 1.54) is 18.3 Å². The van der Waals surface area contributed by atoms with Crippen LogP contribution in [0.3, 0.4) is 0 Å². The van der Waals surface area contributed by atoms with E-state index in [0.29, 0.717) is 17.5 Å². The molecule has 3 aromatic rings. The fourth-order valence-electron chi connectivity index (χ4n) is 2.65. The SMILES string of the molecule is c1ccc([C@@H]2C[C@@H]2CNc2ncnc3oncc23)cc1. The summed E-state index contributed by atoms with van der Waals surface area (Å²) >= 11 is 0. The van der Waals surface area contributed by atoms with Crippen LogP contribution in [0.2, 0.25) is 0 Å². The molecule has 1 fully saturated rings. The molecule has 0 amide bonds. The van der Waals surface area contributed by atoms with Crippen molar-refractivity contribution < 1.29 is 4.52 Å². The number of hydrogen-bond acceptors (Lipinski definition) is 5. The lowest BCUT2D eigenvalue weighted by atomic mass is 10.1. The lowest BCUT2D eigenvalue weighted by Gasteiger charge is -2.05. The summed E-state index contributed by atoms with van der Waals surface area (Å²) in [5.41, 5.74) is 1.95. The molecule has 20 heavy (non-hydrogen) atoms. The standard InChI is InChI=1S/C15H14N4O/c1-2-4-10(5-3-1)12-6-11(12)7-16-14-13-8-19-20-15(13)18-9-17-14/h1-5,8-9,11-12H,6-7H2,(H,16,17,18)/t11-,12+/m1/s1. The van der Waals surface area contributed by atoms with Crippen LogP contribution in [0.4, 0.5) is 5.82 Å². The van der Waals surface area contributed by atoms with Crippen molar-refractivity contribution in [3.05, 3.63) is 48.4 Å². The van der Waals surface area contributed by atoms with E-state index >= 15 is 0 Å². The number of anilines is 1. The van der Waals surface area contributed by atoms with Crippen molar-refractivity contribution in [2.75, 3.05) is 11.9 Å². The molecule has 0 bridgehead atoms. The van der Waals surface area contributed by atoms with Gasteiger partial charge in [-0.3, -0.25) is 0 Å². The summed E-state index contributed by atoms with van der Waals surface area (Å²) in [5.74, 6) is 2.14. The van der Waals surface area contributed by atoms with E-state index in [9.17, 15) is 0 Å². The Morgan fingerprint density at radius 2 is 2.10 bits per heavy atom. The van der Waals surface area contributed by atoms with Crippen molar-refractivity contribution in [1.29, 1.82) is 0 Å². The summed E-state index contributed by atoms with van der Waals surface area (Å²) < 4.78 is 5.03. The quantitative estimate of drug-likeness (QED) is 0.786. The van der Waals surface area contributed by atoms with E-state index < -0.39 is 0 Å². The number of aromatic nitrogens is 3. The third kappa shape index (κ3) is 2.01. The summed E-state index contributed by atoms with van der Waals surface area (Å²) in [7, 11) is 0. The van der Waals surface area contributed by atoms with Gasteiger partial charge in [0.05, 0.1) is 6.20 Å². The fraction of sp³-hybridized carbons (Fsp3) is 0.267. The highest BCUT2D eigenvalue weighted by atomic mass is 16.5. The van der Waals surface area contributed by atoms with Gasteiger partial charge < -0.3 is 9.84 Å². The third-order valence-electron chi connectivity index (χ3n) is 3.85. The molecule has 5 heteroatoms. The Kier molecular flexibility index (Phi) is 2.62. The van der Waals surface area contributed by atoms with Crippen LogP contribution in [-0.2, 0) is 0 Å². The minimum absolute atomic E-state index is 0.526. The molecule has 2 atom stereocenters. The third-order valence-corrected chi connectivity index (χ3v) is 3.85. The average Bonchev–Trinajstić information content (AvgIpc) is 3.12. The zero-order valence-electron chi connectivity index (χ0n) is 10.9. The molecule has 5 nitrogen and oxygen atoms in total. The Labute approximate surface area is 116 Å². The van der Waals surface area contributed by atoms with E-state index in [1.807, 2.05) is 0 Å². The Balaban J connectivity index is 1.44. The summed E-state index contributed by atoms with van der Waals surface area (Å²) in [6.45, 7) is 0.914. The van der Waals surface area contributed by atoms with Crippen LogP contribution in [0, 0.1) is 5.92 Å². The molecular weight excluding hydrogens is 252 g/mol. The van der Waals surface area contributed by atoms with Gasteiger partial charge in [-0.15, -0.1) is 0 Å². The van der Waals surface area contributed by atoms with E-state index in [0.717, 1.165) is 17.7 Å². The zero-order chi connectivity index (χ0) is 13.4. The molecule has 0 spiro atoms. The van der Waals surface area contributed by atoms with Gasteiger partial charge in [-0.25, -0.2) is 4.98 Å². The molecule has 1 N–H and O–H groups in total. The van der Waals surface area contributed by atoms with Crippen molar-refractivity contribution in [1.82, 2.24) is 15.1 Å². The first kappa shape index (κ1) is 11.4. The number of fused-ring (bicyclic) bond motifs is 1. The van der Waals surface area contributed by atoms with E-state index in [2.05, 4.69) is 50.8 Å². The lowest BCUT2D eigenvalue weighted by molar-refractivity contribution is 0.448. The summed E-state index contributed by atoms with van der Waals surface area (Å²) in [6.07, 6.45) is 4.38. The van der Waals surface area contributed by atoms with Crippen LogP contribution in [0.15, 0.2) is 47.4 Å². The monoisotopic (exact) mass is 266 g/mol. The molecule has 1 saturated carbocycles. The lowest BCUT2D eigenvalue weighted by Crippen LogP contribution is -2.06. The first-order chi connectivity index (χ1) is 9.92. The maximum atomic E-state index is 5.03. The molecule has 100 valence electrons. The smallest absolute Gasteiger partial charge is 0.262 e. The Bertz CT molecular complexity index is 725. The molecule has 0 saturated heterocycles. The molecule has 1 aliphatic carbocycles. The predicted molar refractivity (Wildman–Crippen MR) is 75.4 cm³/mol. The van der Waals surface area contributed by atoms with Gasteiger partial charge in [-0.1, -0.05) is 35.5 Å². The molecule has 0 radical (unpaired) electrons. The van der Waals surface area contributed by atoms with Gasteiger partial charge in [0.25, 0.3) is 5.71 Å². The number of nitrogens with one attached hydrogen (secondary N) is 1. The minimum atomic E-state index is 0.526. The van der Waals surface area contributed by atoms with Crippen LogP contribution in [0.25, 0.3) is 11.1 Å². The molecule has 0 unspecified atom stereocenters. The van der Waals surface area contributed by atoms with E-state index in [4.69, 9.17) is 4.52 Å². The van der Waals surface area contributed by atoms with Crippen LogP contribution >= 0.6 is 0 Å². The second-order valence-electron chi connectivity index (χ2n) is 5.16. The number of rotatable bonds is 4. The van der Waals surface area contributed by atoms with Crippen molar-refractivity contribution in [2.45, 2.75) is 12.3 Å². The van der Waals surface area contributed by atoms with Crippen molar-refractivity contribution >= 4 is 16.9 Å². The fourth-order valence-corrected chi connectivity index (χ4v) is 2.65. The first-order valence-electron chi connectivity index (χ1n) is 6.76. The van der Waals surface area contributed by atoms with Gasteiger partial charge in [-0.05, 0) is 23.8 Å². The van der Waals surface area contributed by atoms with Crippen LogP contribution in [0.5, 0.6) is 0 Å². The number of hydrogen-bond donors (Lipinski definition) is 1. The average molecular weight is 266 g/mol. The van der Waals surface area contributed by atoms with Crippen LogP contribution in [-0.4, -0.2) is 21.7 Å². The zero-order valence-corrected chi connectivity index (χ0v) is 10.9. The van der Waals surface area contributed by atoms with Crippen molar-refractivity contribution in [3.63, 3.8) is 0 Å². The molecule has 1 aromatic carbocycles. The highest BCUT2D eigenvalue weighted by Crippen LogP contribution is 2.47. The number of benzene rings is 1. The van der Waals surface area contributed by atoms with Gasteiger partial charge in [0, 0.05) is 6.54 Å². The summed E-state index contributed by atoms with van der Waals surface area (Å²) in [4.78, 5) is 8.28. The van der Waals surface area contributed by atoms with Gasteiger partial charge in [0.15, 0.2) is 0 Å². The first-order valence-corrected chi connectivity index (χ1v) is 6.76. The molecule has 2 aromatic heterocycles. The normalized spacial score (nSPS) is 21.0. The van der Waals surface area contributed by atoms with Gasteiger partial charge in [-0.2, -0.15) is 4.98 Å². The Morgan fingerprint density at radius 3 is 3.00 bits per heavy atom. The molecule has 1 aliphatic rings. The highest BCUT2D eigenvalue weighted by molar-refractivity contribution is 5.84. The Morgan fingerprint density at radius 1 is 1.20 bits per heavy atom. The van der Waals surface area contributed by atoms with Crippen LogP contribution < -0.4 is 5.32 Å². The van der Waals surface area contributed by atoms with Gasteiger partial charge >= 0.3 is 0 Å². The van der Waals surface area contributed by atoms with Gasteiger partial charge in [0.2, 0.25) is 0 Å². The molecular formula is C15H14N4O. The second kappa shape index (κ2) is 4.59. The second-order valence-corrected chi connectivity index (χ2v) is 5.16. The van der Waals surface area contributed by atoms with E-state index in [-0.39, 0.29) is 0 Å². The largest absolute Gasteiger partial charge is 0.369 e. The maximum Gasteiger partial charge on any atom is 0.262 e. The Hall–Kier alpha value is -2.43. The van der Waals surface area contributed by atoms with Crippen molar-refractivity contribution in [3.8, 4) is 0 Å². The van der Waals surface area contributed by atoms with E-state index in [1.54, 1.807) is 6.20 Å². The topological polar surface area (TPSA) is 63.8 Å². The van der Waals surface area contributed by atoms with Crippen molar-refractivity contribution in [2.24, 2.45) is 5.92 Å². The molecule has 2 heterocycles. The van der Waals surface area contributed by atoms with Gasteiger partial charge in [0.1, 0.15) is 17.5 Å². The summed E-state index contributed by atoms with van der Waals surface area (Å²) in [5, 5.41) is 7.97. The molecule has 0 aliphatic heterocycles. The van der Waals surface area contributed by atoms with Crippen LogP contribution in [0.1, 0.15) is 17.9 Å².